The van der Waals surface area contributed by atoms with Gasteiger partial charge in [0.25, 0.3) is 5.78 Å². The van der Waals surface area contributed by atoms with Crippen LogP contribution in [-0.2, 0) is 14.3 Å². The molecule has 1 atom stereocenters. The number of amides is 1. The number of ether oxygens (including phenoxy) is 3. The Kier molecular flexibility index (Phi) is 8.69. The number of rotatable bonds is 10. The van der Waals surface area contributed by atoms with Crippen molar-refractivity contribution in [3.05, 3.63) is 88.0 Å². The topological polar surface area (TPSA) is 115 Å². The summed E-state index contributed by atoms with van der Waals surface area (Å²) < 4.78 is 16.2. The summed E-state index contributed by atoms with van der Waals surface area (Å²) in [5, 5.41) is 11.6. The summed E-state index contributed by atoms with van der Waals surface area (Å²) in [7, 11) is 1.25. The molecule has 40 heavy (non-hydrogen) atoms. The Morgan fingerprint density at radius 2 is 1.88 bits per heavy atom. The molecular weight excluding hydrogens is 532 g/mol. The van der Waals surface area contributed by atoms with Gasteiger partial charge >= 0.3 is 11.9 Å². The van der Waals surface area contributed by atoms with Crippen molar-refractivity contribution in [1.29, 1.82) is 0 Å². The van der Waals surface area contributed by atoms with Crippen LogP contribution >= 0.6 is 11.3 Å². The van der Waals surface area contributed by atoms with Crippen molar-refractivity contribution < 1.29 is 33.7 Å². The van der Waals surface area contributed by atoms with Gasteiger partial charge in [0, 0.05) is 5.56 Å². The van der Waals surface area contributed by atoms with E-state index in [2.05, 4.69) is 11.6 Å². The lowest BCUT2D eigenvalue weighted by Crippen LogP contribution is -2.29. The molecule has 2 aromatic carbocycles. The average Bonchev–Trinajstić information content (AvgIpc) is 3.46. The van der Waals surface area contributed by atoms with E-state index in [1.165, 1.54) is 12.0 Å². The lowest BCUT2D eigenvalue weighted by atomic mass is 9.95. The number of ketones is 1. The number of thiazole rings is 1. The maximum absolute atomic E-state index is 13.5. The normalized spacial score (nSPS) is 16.2. The molecule has 1 fully saturated rings. The first-order valence-electron chi connectivity index (χ1n) is 12.7. The van der Waals surface area contributed by atoms with E-state index >= 15 is 0 Å². The molecule has 4 rings (SSSR count). The molecule has 208 valence electrons. The van der Waals surface area contributed by atoms with Gasteiger partial charge in [-0.15, -0.1) is 0 Å². The van der Waals surface area contributed by atoms with E-state index in [9.17, 15) is 19.5 Å². The second kappa shape index (κ2) is 12.2. The zero-order valence-corrected chi connectivity index (χ0v) is 23.5. The summed E-state index contributed by atoms with van der Waals surface area (Å²) in [4.78, 5) is 45.1. The summed E-state index contributed by atoms with van der Waals surface area (Å²) in [6.07, 6.45) is 2.46. The molecule has 0 unspecified atom stereocenters. The van der Waals surface area contributed by atoms with Gasteiger partial charge in [0.1, 0.15) is 28.7 Å². The summed E-state index contributed by atoms with van der Waals surface area (Å²) in [5.74, 6) is -1.44. The fourth-order valence-electron chi connectivity index (χ4n) is 4.34. The van der Waals surface area contributed by atoms with E-state index in [-0.39, 0.29) is 21.3 Å². The van der Waals surface area contributed by atoms with Crippen LogP contribution in [0.25, 0.3) is 5.76 Å². The SMILES string of the molecule is C=CCOc1ccc([C@H]2C(=C(O)c3ccc(OCCC)c(C)c3)C(=O)C(=O)N2c2nc(C)c(C(=O)OC)s2)cc1. The predicted octanol–water partition coefficient (Wildman–Crippen LogP) is 5.53. The van der Waals surface area contributed by atoms with Crippen molar-refractivity contribution >= 4 is 39.9 Å². The van der Waals surface area contributed by atoms with Gasteiger partial charge in [-0.2, -0.15) is 0 Å². The minimum absolute atomic E-state index is 0.0983. The van der Waals surface area contributed by atoms with Crippen LogP contribution in [-0.4, -0.2) is 48.1 Å². The molecule has 0 bridgehead atoms. The Morgan fingerprint density at radius 3 is 2.50 bits per heavy atom. The number of benzene rings is 2. The standard InChI is InChI=1S/C30H30N2O7S/c1-6-14-38-21-11-8-19(9-12-21)24-23(25(33)20-10-13-22(17(3)16-20)39-15-7-2)26(34)28(35)32(24)30-31-18(4)27(40-30)29(36)37-5/h6,8-13,16,24,33H,1,7,14-15H2,2-5H3/t24-/m0/s1. The molecule has 1 aliphatic heterocycles. The first-order valence-corrected chi connectivity index (χ1v) is 13.5. The van der Waals surface area contributed by atoms with Crippen molar-refractivity contribution in [3.8, 4) is 11.5 Å². The highest BCUT2D eigenvalue weighted by molar-refractivity contribution is 7.17. The number of aromatic nitrogens is 1. The largest absolute Gasteiger partial charge is 0.507 e. The molecule has 0 aliphatic carbocycles. The smallest absolute Gasteiger partial charge is 0.350 e. The Balaban J connectivity index is 1.86. The minimum atomic E-state index is -1.01. The van der Waals surface area contributed by atoms with E-state index in [4.69, 9.17) is 14.2 Å². The van der Waals surface area contributed by atoms with Gasteiger partial charge in [0.05, 0.1) is 31.0 Å². The lowest BCUT2D eigenvalue weighted by Gasteiger charge is -2.23. The van der Waals surface area contributed by atoms with Crippen LogP contribution in [0.15, 0.2) is 60.7 Å². The Hall–Kier alpha value is -4.44. The minimum Gasteiger partial charge on any atom is -0.507 e. The number of aliphatic hydroxyl groups is 1. The van der Waals surface area contributed by atoms with Crippen molar-refractivity contribution in [2.45, 2.75) is 33.2 Å². The molecule has 0 radical (unpaired) electrons. The van der Waals surface area contributed by atoms with Crippen LogP contribution in [0.2, 0.25) is 0 Å². The molecule has 0 spiro atoms. The molecule has 1 N–H and O–H groups in total. The first-order chi connectivity index (χ1) is 19.2. The molecular formula is C30H30N2O7S. The Labute approximate surface area is 236 Å². The zero-order valence-electron chi connectivity index (χ0n) is 22.7. The van der Waals surface area contributed by atoms with E-state index in [1.54, 1.807) is 55.5 Å². The highest BCUT2D eigenvalue weighted by Crippen LogP contribution is 2.44. The number of anilines is 1. The third-order valence-electron chi connectivity index (χ3n) is 6.28. The van der Waals surface area contributed by atoms with E-state index in [0.29, 0.717) is 41.5 Å². The molecule has 0 saturated carbocycles. The number of carbonyl (C=O) groups excluding carboxylic acids is 3. The summed E-state index contributed by atoms with van der Waals surface area (Å²) in [6.45, 7) is 9.96. The first kappa shape index (κ1) is 28.6. The van der Waals surface area contributed by atoms with Crippen LogP contribution in [0.4, 0.5) is 5.13 Å². The maximum atomic E-state index is 13.5. The summed E-state index contributed by atoms with van der Waals surface area (Å²) >= 11 is 0.940. The van der Waals surface area contributed by atoms with Gasteiger partial charge in [0.15, 0.2) is 5.13 Å². The van der Waals surface area contributed by atoms with Crippen molar-refractivity contribution in [2.75, 3.05) is 25.2 Å². The molecule has 1 aliphatic rings. The highest BCUT2D eigenvalue weighted by atomic mass is 32.1. The van der Waals surface area contributed by atoms with Crippen molar-refractivity contribution in [2.24, 2.45) is 0 Å². The monoisotopic (exact) mass is 562 g/mol. The fourth-order valence-corrected chi connectivity index (χ4v) is 5.35. The molecule has 1 amide bonds. The highest BCUT2D eigenvalue weighted by Gasteiger charge is 2.48. The van der Waals surface area contributed by atoms with Gasteiger partial charge in [-0.25, -0.2) is 9.78 Å². The predicted molar refractivity (Wildman–Crippen MR) is 152 cm³/mol. The van der Waals surface area contributed by atoms with Crippen molar-refractivity contribution in [1.82, 2.24) is 4.98 Å². The number of methoxy groups -OCH3 is 1. The van der Waals surface area contributed by atoms with Crippen LogP contribution in [0, 0.1) is 13.8 Å². The quantitative estimate of drug-likeness (QED) is 0.113. The average molecular weight is 563 g/mol. The summed E-state index contributed by atoms with van der Waals surface area (Å²) in [6, 6.07) is 10.9. The third kappa shape index (κ3) is 5.48. The number of aryl methyl sites for hydroxylation is 2. The third-order valence-corrected chi connectivity index (χ3v) is 7.42. The Bertz CT molecular complexity index is 1490. The van der Waals surface area contributed by atoms with E-state index in [1.807, 2.05) is 13.8 Å². The molecule has 3 aromatic rings. The van der Waals surface area contributed by atoms with Gasteiger partial charge in [-0.1, -0.05) is 43.0 Å². The molecule has 9 nitrogen and oxygen atoms in total. The fraction of sp³-hybridized carbons (Fsp3) is 0.267. The molecule has 1 saturated heterocycles. The van der Waals surface area contributed by atoms with Crippen LogP contribution in [0.5, 0.6) is 11.5 Å². The van der Waals surface area contributed by atoms with E-state index in [0.717, 1.165) is 23.3 Å². The number of carbonyl (C=O) groups is 3. The maximum Gasteiger partial charge on any atom is 0.350 e. The second-order valence-electron chi connectivity index (χ2n) is 9.07. The Morgan fingerprint density at radius 1 is 1.15 bits per heavy atom. The van der Waals surface area contributed by atoms with E-state index < -0.39 is 23.7 Å². The van der Waals surface area contributed by atoms with Crippen molar-refractivity contribution in [3.63, 3.8) is 0 Å². The number of hydrogen-bond acceptors (Lipinski definition) is 9. The number of Topliss-reactive ketones (excluding diaryl/α,β-unsaturated/α-hetero) is 1. The second-order valence-corrected chi connectivity index (χ2v) is 10.0. The molecule has 2 heterocycles. The van der Waals surface area contributed by atoms with Gasteiger partial charge in [-0.05, 0) is 61.7 Å². The number of hydrogen-bond donors (Lipinski definition) is 1. The van der Waals surface area contributed by atoms with Gasteiger partial charge in [0.2, 0.25) is 0 Å². The van der Waals surface area contributed by atoms with Crippen LogP contribution in [0.3, 0.4) is 0 Å². The van der Waals surface area contributed by atoms with Gasteiger partial charge in [-0.3, -0.25) is 14.5 Å². The summed E-state index contributed by atoms with van der Waals surface area (Å²) in [5.41, 5.74) is 1.93. The molecule has 10 heteroatoms. The number of nitrogens with zero attached hydrogens (tertiary/aromatic N) is 2. The number of esters is 1. The van der Waals surface area contributed by atoms with Crippen LogP contribution < -0.4 is 14.4 Å². The molecule has 1 aromatic heterocycles. The van der Waals surface area contributed by atoms with Gasteiger partial charge < -0.3 is 19.3 Å². The zero-order chi connectivity index (χ0) is 29.0. The van der Waals surface area contributed by atoms with Crippen LogP contribution in [0.1, 0.15) is 51.4 Å². The number of aliphatic hydroxyl groups excluding tert-OH is 1. The lowest BCUT2D eigenvalue weighted by molar-refractivity contribution is -0.132.